The molecule has 4 aliphatic rings. The van der Waals surface area contributed by atoms with Crippen LogP contribution in [0.4, 0.5) is 0 Å². The minimum absolute atomic E-state index is 0.0753. The van der Waals surface area contributed by atoms with Crippen LogP contribution in [-0.2, 0) is 32.3 Å². The molecule has 0 saturated heterocycles. The lowest BCUT2D eigenvalue weighted by atomic mass is 9.88. The zero-order valence-electron chi connectivity index (χ0n) is 28.7. The lowest BCUT2D eigenvalue weighted by Crippen LogP contribution is -2.32. The van der Waals surface area contributed by atoms with Gasteiger partial charge in [0.1, 0.15) is 12.4 Å². The molecule has 256 valence electrons. The van der Waals surface area contributed by atoms with Crippen LogP contribution in [0.15, 0.2) is 91.0 Å². The molecular weight excluding hydrogens is 628 g/mol. The van der Waals surface area contributed by atoms with E-state index >= 15 is 0 Å². The van der Waals surface area contributed by atoms with Crippen molar-refractivity contribution in [2.75, 3.05) is 34.4 Å². The first-order valence-electron chi connectivity index (χ1n) is 17.3. The molecular formula is C42H42N2O6. The van der Waals surface area contributed by atoms with Crippen LogP contribution in [0.1, 0.15) is 51.0 Å². The van der Waals surface area contributed by atoms with Gasteiger partial charge in [-0.15, -0.1) is 0 Å². The molecule has 0 amide bonds. The first-order chi connectivity index (χ1) is 24.6. The second-order valence-corrected chi connectivity index (χ2v) is 13.0. The Bertz CT molecular complexity index is 2000. The summed E-state index contributed by atoms with van der Waals surface area (Å²) in [5, 5.41) is 7.52. The fraction of sp³-hybridized carbons (Fsp3) is 0.286. The van der Waals surface area contributed by atoms with Gasteiger partial charge in [0.25, 0.3) is 0 Å². The number of hydrogen-bond donors (Lipinski definition) is 2. The molecule has 0 radical (unpaired) electrons. The van der Waals surface area contributed by atoms with Gasteiger partial charge in [0, 0.05) is 17.6 Å². The number of benzene rings is 5. The zero-order chi connectivity index (χ0) is 34.0. The summed E-state index contributed by atoms with van der Waals surface area (Å²) < 4.78 is 37.8. The highest BCUT2D eigenvalue weighted by Crippen LogP contribution is 2.50. The van der Waals surface area contributed by atoms with Gasteiger partial charge >= 0.3 is 0 Å². The van der Waals surface area contributed by atoms with Gasteiger partial charge in [0.2, 0.25) is 5.75 Å². The molecule has 4 aliphatic heterocycles. The third-order valence-electron chi connectivity index (χ3n) is 9.96. The average molecular weight is 671 g/mol. The first-order valence-corrected chi connectivity index (χ1v) is 17.3. The molecule has 0 fully saturated rings. The SMILES string of the molecule is COc1cc2c3cc1Oc1c(OC)c(OC)cc4c1C(Cc1ccc(OCc5ccccc5)c(c1)Oc1ccc(cc1)CC3NCC2)NCC4. The molecule has 8 nitrogen and oxygen atoms in total. The van der Waals surface area contributed by atoms with E-state index in [1.54, 1.807) is 21.3 Å². The summed E-state index contributed by atoms with van der Waals surface area (Å²) in [5.41, 5.74) is 8.05. The van der Waals surface area contributed by atoms with E-state index in [0.717, 1.165) is 60.4 Å². The van der Waals surface area contributed by atoms with E-state index in [1.165, 1.54) is 16.7 Å². The van der Waals surface area contributed by atoms with Gasteiger partial charge in [0.15, 0.2) is 34.5 Å². The lowest BCUT2D eigenvalue weighted by Gasteiger charge is -2.32. The monoisotopic (exact) mass is 670 g/mol. The fourth-order valence-corrected chi connectivity index (χ4v) is 7.46. The van der Waals surface area contributed by atoms with Crippen LogP contribution < -0.4 is 39.1 Å². The molecule has 5 aromatic rings. The van der Waals surface area contributed by atoms with Crippen molar-refractivity contribution in [1.29, 1.82) is 0 Å². The fourth-order valence-electron chi connectivity index (χ4n) is 7.46. The molecule has 2 N–H and O–H groups in total. The average Bonchev–Trinajstić information content (AvgIpc) is 3.15. The predicted octanol–water partition coefficient (Wildman–Crippen LogP) is 8.05. The Morgan fingerprint density at radius 3 is 2.12 bits per heavy atom. The van der Waals surface area contributed by atoms with Crippen molar-refractivity contribution >= 4 is 0 Å². The standard InChI is InChI=1S/C42H42N2O6/c1-45-36-22-29-15-17-43-33-19-26-9-12-31(13-10-26)49-37-21-28(11-14-35(37)48-25-27-7-5-4-6-8-27)20-34-40-30(16-18-44-34)23-39(46-2)41(47-3)42(40)50-38(36)24-32(29)33/h4-14,21-24,33-34,43-44H,15-20,25H2,1-3H3. The normalized spacial score (nSPS) is 17.7. The Balaban J connectivity index is 1.27. The van der Waals surface area contributed by atoms with Gasteiger partial charge in [-0.25, -0.2) is 0 Å². The highest BCUT2D eigenvalue weighted by molar-refractivity contribution is 5.64. The van der Waals surface area contributed by atoms with Crippen LogP contribution in [0.3, 0.4) is 0 Å². The molecule has 0 aliphatic carbocycles. The second-order valence-electron chi connectivity index (χ2n) is 13.0. The minimum atomic E-state index is -0.0753. The summed E-state index contributed by atoms with van der Waals surface area (Å²) in [6.45, 7) is 2.14. The van der Waals surface area contributed by atoms with Gasteiger partial charge in [-0.3, -0.25) is 0 Å². The number of hydrogen-bond acceptors (Lipinski definition) is 8. The van der Waals surface area contributed by atoms with E-state index < -0.39 is 0 Å². The van der Waals surface area contributed by atoms with Gasteiger partial charge in [-0.05, 0) is 115 Å². The summed E-state index contributed by atoms with van der Waals surface area (Å²) >= 11 is 0. The lowest BCUT2D eigenvalue weighted by molar-refractivity contribution is 0.291. The molecule has 9 rings (SSSR count). The molecule has 4 heterocycles. The Morgan fingerprint density at radius 1 is 0.640 bits per heavy atom. The van der Waals surface area contributed by atoms with Gasteiger partial charge in [0.05, 0.1) is 21.3 Å². The number of fused-ring (bicyclic) bond motifs is 2. The zero-order valence-corrected chi connectivity index (χ0v) is 28.7. The molecule has 0 saturated carbocycles. The first kappa shape index (κ1) is 32.0. The number of ether oxygens (including phenoxy) is 6. The molecule has 5 aromatic carbocycles. The van der Waals surface area contributed by atoms with Gasteiger partial charge in [-0.2, -0.15) is 0 Å². The van der Waals surface area contributed by atoms with Crippen molar-refractivity contribution in [2.45, 2.75) is 44.4 Å². The van der Waals surface area contributed by atoms with E-state index in [4.69, 9.17) is 28.4 Å². The third kappa shape index (κ3) is 6.32. The molecule has 6 bridgehead atoms. The summed E-state index contributed by atoms with van der Waals surface area (Å²) in [6, 6.07) is 31.2. The van der Waals surface area contributed by atoms with Crippen molar-refractivity contribution in [2.24, 2.45) is 0 Å². The number of nitrogens with one attached hydrogen (secondary N) is 2. The quantitative estimate of drug-likeness (QED) is 0.188. The van der Waals surface area contributed by atoms with Crippen molar-refractivity contribution in [3.8, 4) is 46.0 Å². The maximum absolute atomic E-state index is 6.98. The van der Waals surface area contributed by atoms with Crippen LogP contribution in [-0.4, -0.2) is 34.4 Å². The highest BCUT2D eigenvalue weighted by Gasteiger charge is 2.32. The van der Waals surface area contributed by atoms with Crippen molar-refractivity contribution < 1.29 is 28.4 Å². The third-order valence-corrected chi connectivity index (χ3v) is 9.96. The summed E-state index contributed by atoms with van der Waals surface area (Å²) in [5.74, 6) is 5.27. The minimum Gasteiger partial charge on any atom is -0.493 e. The van der Waals surface area contributed by atoms with Crippen LogP contribution in [0.25, 0.3) is 0 Å². The van der Waals surface area contributed by atoms with Crippen LogP contribution >= 0.6 is 0 Å². The van der Waals surface area contributed by atoms with Crippen LogP contribution in [0.2, 0.25) is 0 Å². The van der Waals surface area contributed by atoms with E-state index in [0.29, 0.717) is 53.3 Å². The second kappa shape index (κ2) is 14.0. The van der Waals surface area contributed by atoms with Crippen molar-refractivity contribution in [3.05, 3.63) is 130 Å². The van der Waals surface area contributed by atoms with Crippen LogP contribution in [0.5, 0.6) is 46.0 Å². The molecule has 50 heavy (non-hydrogen) atoms. The topological polar surface area (TPSA) is 79.4 Å². The van der Waals surface area contributed by atoms with E-state index in [9.17, 15) is 0 Å². The Hall–Kier alpha value is -5.18. The summed E-state index contributed by atoms with van der Waals surface area (Å²) in [4.78, 5) is 0. The maximum Gasteiger partial charge on any atom is 0.204 e. The molecule has 0 spiro atoms. The van der Waals surface area contributed by atoms with Crippen molar-refractivity contribution in [1.82, 2.24) is 10.6 Å². The molecule has 2 unspecified atom stereocenters. The Morgan fingerprint density at radius 2 is 1.34 bits per heavy atom. The van der Waals surface area contributed by atoms with Crippen molar-refractivity contribution in [3.63, 3.8) is 0 Å². The summed E-state index contributed by atoms with van der Waals surface area (Å²) in [6.07, 6.45) is 3.22. The predicted molar refractivity (Wildman–Crippen MR) is 193 cm³/mol. The van der Waals surface area contributed by atoms with E-state index in [2.05, 4.69) is 65.2 Å². The Kier molecular flexibility index (Phi) is 8.96. The Labute approximate surface area is 293 Å². The summed E-state index contributed by atoms with van der Waals surface area (Å²) in [7, 11) is 5.03. The van der Waals surface area contributed by atoms with E-state index in [1.807, 2.05) is 36.4 Å². The molecule has 2 atom stereocenters. The smallest absolute Gasteiger partial charge is 0.204 e. The van der Waals surface area contributed by atoms with E-state index in [-0.39, 0.29) is 12.1 Å². The van der Waals surface area contributed by atoms with Crippen LogP contribution in [0, 0.1) is 0 Å². The number of methoxy groups -OCH3 is 3. The van der Waals surface area contributed by atoms with Gasteiger partial charge in [-0.1, -0.05) is 48.5 Å². The number of rotatable bonds is 6. The molecule has 8 heteroatoms. The largest absolute Gasteiger partial charge is 0.493 e. The highest BCUT2D eigenvalue weighted by atomic mass is 16.5. The molecule has 0 aromatic heterocycles. The maximum atomic E-state index is 6.98. The van der Waals surface area contributed by atoms with Gasteiger partial charge < -0.3 is 39.1 Å².